The van der Waals surface area contributed by atoms with Crippen LogP contribution >= 0.6 is 11.3 Å². The van der Waals surface area contributed by atoms with E-state index in [2.05, 4.69) is 21.6 Å². The van der Waals surface area contributed by atoms with Crippen LogP contribution in [0.2, 0.25) is 0 Å². The summed E-state index contributed by atoms with van der Waals surface area (Å²) in [6.07, 6.45) is 7.14. The first-order valence-corrected chi connectivity index (χ1v) is 6.05. The zero-order valence-electron chi connectivity index (χ0n) is 8.95. The number of nitrogens with zero attached hydrogens (tertiary/aromatic N) is 3. The maximum Gasteiger partial charge on any atom is 0.0896 e. The average molecular weight is 245 g/mol. The number of nitrogens with two attached hydrogens (primary N) is 1. The molecule has 17 heavy (non-hydrogen) atoms. The van der Waals surface area contributed by atoms with Crippen molar-refractivity contribution in [1.29, 1.82) is 0 Å². The molecule has 0 aliphatic heterocycles. The highest BCUT2D eigenvalue weighted by molar-refractivity contribution is 7.10. The van der Waals surface area contributed by atoms with Crippen LogP contribution in [-0.2, 0) is 0 Å². The summed E-state index contributed by atoms with van der Waals surface area (Å²) in [5, 5.41) is 6.31. The summed E-state index contributed by atoms with van der Waals surface area (Å²) in [7, 11) is 0. The summed E-state index contributed by atoms with van der Waals surface area (Å²) >= 11 is 1.66. The molecule has 0 fully saturated rings. The van der Waals surface area contributed by atoms with Crippen LogP contribution in [0.5, 0.6) is 0 Å². The van der Waals surface area contributed by atoms with Crippen LogP contribution < -0.4 is 11.3 Å². The van der Waals surface area contributed by atoms with E-state index in [1.165, 1.54) is 0 Å². The maximum atomic E-state index is 5.65. The second-order valence-corrected chi connectivity index (χ2v) is 4.60. The molecule has 3 aromatic heterocycles. The monoisotopic (exact) mass is 245 g/mol. The minimum absolute atomic E-state index is 0.0447. The molecule has 0 radical (unpaired) electrons. The Labute approximate surface area is 102 Å². The lowest BCUT2D eigenvalue weighted by Gasteiger charge is -2.12. The van der Waals surface area contributed by atoms with E-state index in [1.54, 1.807) is 28.2 Å². The van der Waals surface area contributed by atoms with Gasteiger partial charge >= 0.3 is 0 Å². The lowest BCUT2D eigenvalue weighted by molar-refractivity contribution is 0.650. The van der Waals surface area contributed by atoms with E-state index in [0.717, 1.165) is 16.0 Å². The topological polar surface area (TPSA) is 68.2 Å². The number of hydrogen-bond acceptors (Lipinski definition) is 5. The van der Waals surface area contributed by atoms with Crippen molar-refractivity contribution in [2.75, 3.05) is 0 Å². The van der Waals surface area contributed by atoms with Gasteiger partial charge < -0.3 is 0 Å². The third kappa shape index (κ3) is 1.72. The van der Waals surface area contributed by atoms with Crippen LogP contribution in [0.1, 0.15) is 16.5 Å². The van der Waals surface area contributed by atoms with Gasteiger partial charge in [0.2, 0.25) is 0 Å². The highest BCUT2D eigenvalue weighted by Crippen LogP contribution is 2.27. The van der Waals surface area contributed by atoms with E-state index in [1.807, 2.05) is 23.8 Å². The van der Waals surface area contributed by atoms with E-state index in [0.29, 0.717) is 0 Å². The van der Waals surface area contributed by atoms with Crippen molar-refractivity contribution >= 4 is 16.9 Å². The van der Waals surface area contributed by atoms with Crippen LogP contribution in [0.3, 0.4) is 0 Å². The molecule has 1 atom stereocenters. The highest BCUT2D eigenvalue weighted by Gasteiger charge is 2.17. The Kier molecular flexibility index (Phi) is 2.60. The molecule has 0 saturated carbocycles. The van der Waals surface area contributed by atoms with Crippen molar-refractivity contribution < 1.29 is 0 Å². The van der Waals surface area contributed by atoms with Gasteiger partial charge in [-0.3, -0.25) is 10.8 Å². The third-order valence-electron chi connectivity index (χ3n) is 2.66. The standard InChI is InChI=1S/C11H11N5S/c12-15-11(10-2-1-5-17-10)8-6-14-16-4-3-13-7-9(8)16/h1-7,11,15H,12H2. The second-order valence-electron chi connectivity index (χ2n) is 3.62. The summed E-state index contributed by atoms with van der Waals surface area (Å²) in [6.45, 7) is 0. The molecule has 0 aliphatic rings. The number of hydrazine groups is 1. The fourth-order valence-electron chi connectivity index (χ4n) is 1.86. The van der Waals surface area contributed by atoms with Crippen molar-refractivity contribution in [2.24, 2.45) is 5.84 Å². The van der Waals surface area contributed by atoms with Gasteiger partial charge in [0.05, 0.1) is 24.0 Å². The fourth-order valence-corrected chi connectivity index (χ4v) is 2.66. The molecule has 3 N–H and O–H groups in total. The van der Waals surface area contributed by atoms with Gasteiger partial charge in [0, 0.05) is 22.8 Å². The number of fused-ring (bicyclic) bond motifs is 1. The lowest BCUT2D eigenvalue weighted by atomic mass is 10.1. The van der Waals surface area contributed by atoms with Crippen molar-refractivity contribution in [3.63, 3.8) is 0 Å². The molecular formula is C11H11N5S. The molecule has 3 rings (SSSR count). The van der Waals surface area contributed by atoms with Crippen LogP contribution in [0.25, 0.3) is 5.52 Å². The second kappa shape index (κ2) is 4.25. The molecule has 86 valence electrons. The number of thiophene rings is 1. The molecule has 5 nitrogen and oxygen atoms in total. The summed E-state index contributed by atoms with van der Waals surface area (Å²) in [6, 6.07) is 4.01. The first-order chi connectivity index (χ1) is 8.40. The molecular weight excluding hydrogens is 234 g/mol. The van der Waals surface area contributed by atoms with Crippen LogP contribution in [0, 0.1) is 0 Å². The van der Waals surface area contributed by atoms with Gasteiger partial charge in [-0.25, -0.2) is 9.94 Å². The number of rotatable bonds is 3. The van der Waals surface area contributed by atoms with Gasteiger partial charge in [-0.05, 0) is 11.4 Å². The van der Waals surface area contributed by atoms with E-state index >= 15 is 0 Å². The average Bonchev–Trinajstić information content (AvgIpc) is 3.01. The quantitative estimate of drug-likeness (QED) is 0.540. The smallest absolute Gasteiger partial charge is 0.0896 e. The SMILES string of the molecule is NNC(c1cccs1)c1cnn2ccncc12. The highest BCUT2D eigenvalue weighted by atomic mass is 32.1. The fraction of sp³-hybridized carbons (Fsp3) is 0.0909. The van der Waals surface area contributed by atoms with E-state index < -0.39 is 0 Å². The number of hydrogen-bond donors (Lipinski definition) is 2. The molecule has 3 heterocycles. The number of aromatic nitrogens is 3. The van der Waals surface area contributed by atoms with E-state index in [4.69, 9.17) is 5.84 Å². The van der Waals surface area contributed by atoms with Gasteiger partial charge in [-0.15, -0.1) is 11.3 Å². The predicted molar refractivity (Wildman–Crippen MR) is 66.5 cm³/mol. The van der Waals surface area contributed by atoms with Crippen molar-refractivity contribution in [2.45, 2.75) is 6.04 Å². The number of nitrogens with one attached hydrogen (secondary N) is 1. The lowest BCUT2D eigenvalue weighted by Crippen LogP contribution is -2.28. The zero-order chi connectivity index (χ0) is 11.7. The Balaban J connectivity index is 2.13. The molecule has 3 aromatic rings. The largest absolute Gasteiger partial charge is 0.271 e. The normalized spacial score (nSPS) is 13.0. The molecule has 1 unspecified atom stereocenters. The molecule has 0 amide bonds. The third-order valence-corrected chi connectivity index (χ3v) is 3.60. The summed E-state index contributed by atoms with van der Waals surface area (Å²) in [5.41, 5.74) is 4.82. The van der Waals surface area contributed by atoms with Crippen molar-refractivity contribution in [3.8, 4) is 0 Å². The van der Waals surface area contributed by atoms with Gasteiger partial charge in [0.15, 0.2) is 0 Å². The molecule has 0 aromatic carbocycles. The van der Waals surface area contributed by atoms with E-state index in [-0.39, 0.29) is 6.04 Å². The van der Waals surface area contributed by atoms with Gasteiger partial charge in [0.25, 0.3) is 0 Å². The Morgan fingerprint density at radius 1 is 1.41 bits per heavy atom. The molecule has 0 aliphatic carbocycles. The van der Waals surface area contributed by atoms with Gasteiger partial charge in [0.1, 0.15) is 0 Å². The molecule has 6 heteroatoms. The first kappa shape index (κ1) is 10.4. The van der Waals surface area contributed by atoms with Crippen LogP contribution in [-0.4, -0.2) is 14.6 Å². The Hall–Kier alpha value is -1.76. The van der Waals surface area contributed by atoms with Gasteiger partial charge in [-0.2, -0.15) is 5.10 Å². The Morgan fingerprint density at radius 3 is 3.12 bits per heavy atom. The minimum atomic E-state index is -0.0447. The molecule has 0 bridgehead atoms. The Bertz CT molecular complexity index is 616. The van der Waals surface area contributed by atoms with Crippen LogP contribution in [0.4, 0.5) is 0 Å². The molecule has 0 saturated heterocycles. The zero-order valence-corrected chi connectivity index (χ0v) is 9.76. The first-order valence-electron chi connectivity index (χ1n) is 5.17. The maximum absolute atomic E-state index is 5.65. The van der Waals surface area contributed by atoms with Gasteiger partial charge in [-0.1, -0.05) is 6.07 Å². The summed E-state index contributed by atoms with van der Waals surface area (Å²) < 4.78 is 1.79. The van der Waals surface area contributed by atoms with Crippen molar-refractivity contribution in [1.82, 2.24) is 20.0 Å². The Morgan fingerprint density at radius 2 is 2.35 bits per heavy atom. The van der Waals surface area contributed by atoms with E-state index in [9.17, 15) is 0 Å². The molecule has 0 spiro atoms. The minimum Gasteiger partial charge on any atom is -0.271 e. The summed E-state index contributed by atoms with van der Waals surface area (Å²) in [4.78, 5) is 5.28. The van der Waals surface area contributed by atoms with Crippen LogP contribution in [0.15, 0.2) is 42.3 Å². The van der Waals surface area contributed by atoms with Crippen molar-refractivity contribution in [3.05, 3.63) is 52.7 Å². The summed E-state index contributed by atoms with van der Waals surface area (Å²) in [5.74, 6) is 5.65. The predicted octanol–water partition coefficient (Wildman–Crippen LogP) is 1.34.